The van der Waals surface area contributed by atoms with E-state index in [1.165, 1.54) is 12.8 Å². The van der Waals surface area contributed by atoms with Crippen molar-refractivity contribution >= 4 is 0 Å². The Morgan fingerprint density at radius 3 is 2.68 bits per heavy atom. The van der Waals surface area contributed by atoms with Gasteiger partial charge in [0.25, 0.3) is 0 Å². The summed E-state index contributed by atoms with van der Waals surface area (Å²) in [7, 11) is 0. The molecule has 2 atom stereocenters. The first-order valence-corrected chi connectivity index (χ1v) is 7.98. The molecule has 1 aliphatic heterocycles. The largest absolute Gasteiger partial charge is 0.424 e. The van der Waals surface area contributed by atoms with Crippen LogP contribution in [0.3, 0.4) is 0 Å². The second kappa shape index (κ2) is 6.16. The minimum absolute atomic E-state index is 0.136. The molecule has 3 heterocycles. The molecular weight excluding hydrogens is 280 g/mol. The van der Waals surface area contributed by atoms with E-state index in [1.54, 1.807) is 0 Å². The first kappa shape index (κ1) is 15.1. The van der Waals surface area contributed by atoms with E-state index in [2.05, 4.69) is 32.1 Å². The fourth-order valence-electron chi connectivity index (χ4n) is 3.29. The van der Waals surface area contributed by atoms with E-state index < -0.39 is 0 Å². The summed E-state index contributed by atoms with van der Waals surface area (Å²) in [5.74, 6) is 3.14. The van der Waals surface area contributed by atoms with Crippen LogP contribution in [-0.2, 0) is 6.54 Å². The van der Waals surface area contributed by atoms with Crippen LogP contribution in [0.25, 0.3) is 0 Å². The molecule has 3 rings (SSSR count). The fraction of sp³-hybridized carbons (Fsp3) is 0.733. The van der Waals surface area contributed by atoms with Crippen molar-refractivity contribution in [3.05, 3.63) is 23.4 Å². The van der Waals surface area contributed by atoms with Gasteiger partial charge in [-0.3, -0.25) is 4.90 Å². The zero-order chi connectivity index (χ0) is 15.7. The van der Waals surface area contributed by atoms with Gasteiger partial charge in [-0.25, -0.2) is 9.67 Å². The topological polar surface area (TPSA) is 72.9 Å². The van der Waals surface area contributed by atoms with Gasteiger partial charge in [-0.1, -0.05) is 6.42 Å². The normalized spacial score (nSPS) is 21.2. The van der Waals surface area contributed by atoms with Crippen molar-refractivity contribution < 1.29 is 4.42 Å². The lowest BCUT2D eigenvalue weighted by Gasteiger charge is -2.38. The van der Waals surface area contributed by atoms with Crippen molar-refractivity contribution in [1.82, 2.24) is 29.9 Å². The third kappa shape index (κ3) is 3.04. The molecule has 2 aromatic heterocycles. The third-order valence-corrected chi connectivity index (χ3v) is 4.42. The van der Waals surface area contributed by atoms with E-state index in [1.807, 2.05) is 25.5 Å². The maximum Gasteiger partial charge on any atom is 0.233 e. The number of piperidine rings is 1. The molecule has 1 saturated heterocycles. The Hall–Kier alpha value is -1.76. The number of rotatable bonds is 4. The molecule has 7 nitrogen and oxygen atoms in total. The van der Waals surface area contributed by atoms with Crippen molar-refractivity contribution in [3.8, 4) is 0 Å². The van der Waals surface area contributed by atoms with E-state index in [9.17, 15) is 0 Å². The summed E-state index contributed by atoms with van der Waals surface area (Å²) >= 11 is 0. The smallest absolute Gasteiger partial charge is 0.233 e. The lowest BCUT2D eigenvalue weighted by atomic mass is 10.00. The van der Waals surface area contributed by atoms with Crippen LogP contribution in [0.5, 0.6) is 0 Å². The van der Waals surface area contributed by atoms with Gasteiger partial charge in [-0.2, -0.15) is 5.10 Å². The Bertz CT molecular complexity index is 634. The van der Waals surface area contributed by atoms with E-state index in [0.717, 1.165) is 31.2 Å². The van der Waals surface area contributed by atoms with Crippen LogP contribution in [0.15, 0.2) is 4.42 Å². The predicted molar refractivity (Wildman–Crippen MR) is 81.3 cm³/mol. The van der Waals surface area contributed by atoms with Crippen molar-refractivity contribution in [3.63, 3.8) is 0 Å². The number of hydrogen-bond acceptors (Lipinski definition) is 6. The number of aryl methyl sites for hydroxylation is 3. The van der Waals surface area contributed by atoms with Gasteiger partial charge in [0.2, 0.25) is 11.8 Å². The van der Waals surface area contributed by atoms with E-state index >= 15 is 0 Å². The summed E-state index contributed by atoms with van der Waals surface area (Å²) in [5.41, 5.74) is 0. The molecule has 7 heteroatoms. The second-order valence-corrected chi connectivity index (χ2v) is 6.11. The molecule has 22 heavy (non-hydrogen) atoms. The average Bonchev–Trinajstić information content (AvgIpc) is 3.05. The number of aromatic nitrogens is 5. The van der Waals surface area contributed by atoms with Crippen LogP contribution in [0.2, 0.25) is 0 Å². The molecule has 0 spiro atoms. The van der Waals surface area contributed by atoms with Gasteiger partial charge in [0.15, 0.2) is 0 Å². The van der Waals surface area contributed by atoms with Crippen LogP contribution in [-0.4, -0.2) is 42.4 Å². The molecule has 0 unspecified atom stereocenters. The molecule has 0 saturated carbocycles. The summed E-state index contributed by atoms with van der Waals surface area (Å²) in [6.45, 7) is 9.84. The van der Waals surface area contributed by atoms with Crippen molar-refractivity contribution in [2.75, 3.05) is 6.54 Å². The molecule has 1 fully saturated rings. The number of likely N-dealkylation sites (tertiary alicyclic amines) is 1. The molecule has 1 aliphatic rings. The Morgan fingerprint density at radius 2 is 2.05 bits per heavy atom. The molecule has 0 radical (unpaired) electrons. The highest BCUT2D eigenvalue weighted by molar-refractivity contribution is 4.94. The monoisotopic (exact) mass is 304 g/mol. The highest BCUT2D eigenvalue weighted by atomic mass is 16.4. The Kier molecular flexibility index (Phi) is 4.24. The summed E-state index contributed by atoms with van der Waals surface area (Å²) in [4.78, 5) is 6.87. The zero-order valence-electron chi connectivity index (χ0n) is 13.8. The van der Waals surface area contributed by atoms with Gasteiger partial charge in [0.1, 0.15) is 11.6 Å². The van der Waals surface area contributed by atoms with Gasteiger partial charge in [-0.15, -0.1) is 10.2 Å². The minimum atomic E-state index is 0.136. The molecule has 120 valence electrons. The number of nitrogens with zero attached hydrogens (tertiary/aromatic N) is 6. The highest BCUT2D eigenvalue weighted by Gasteiger charge is 2.30. The van der Waals surface area contributed by atoms with Crippen LogP contribution >= 0.6 is 0 Å². The first-order chi connectivity index (χ1) is 10.5. The van der Waals surface area contributed by atoms with E-state index in [0.29, 0.717) is 17.8 Å². The SMILES string of the molecule is Cc1nc(C)n(C[C@H]2CCCCN2[C@H](C)c2nnc(C)o2)n1. The summed E-state index contributed by atoms with van der Waals surface area (Å²) in [6.07, 6.45) is 3.63. The number of hydrogen-bond donors (Lipinski definition) is 0. The van der Waals surface area contributed by atoms with Crippen LogP contribution in [0.4, 0.5) is 0 Å². The molecule has 0 aliphatic carbocycles. The van der Waals surface area contributed by atoms with E-state index in [4.69, 9.17) is 4.42 Å². The maximum absolute atomic E-state index is 5.63. The fourth-order valence-corrected chi connectivity index (χ4v) is 3.29. The van der Waals surface area contributed by atoms with Gasteiger partial charge in [-0.05, 0) is 40.2 Å². The lowest BCUT2D eigenvalue weighted by Crippen LogP contribution is -2.43. The van der Waals surface area contributed by atoms with Crippen molar-refractivity contribution in [2.24, 2.45) is 0 Å². The maximum atomic E-state index is 5.63. The average molecular weight is 304 g/mol. The van der Waals surface area contributed by atoms with Gasteiger partial charge in [0.05, 0.1) is 12.6 Å². The molecule has 2 aromatic rings. The van der Waals surface area contributed by atoms with Crippen molar-refractivity contribution in [1.29, 1.82) is 0 Å². The molecule has 0 amide bonds. The summed E-state index contributed by atoms with van der Waals surface area (Å²) in [5, 5.41) is 12.7. The standard InChI is InChI=1S/C15H24N6O/c1-10(15-18-17-13(4)22-15)20-8-6-5-7-14(20)9-21-12(3)16-11(2)19-21/h10,14H,5-9H2,1-4H3/t10-,14-/m1/s1. The van der Waals surface area contributed by atoms with Crippen LogP contribution < -0.4 is 0 Å². The van der Waals surface area contributed by atoms with E-state index in [-0.39, 0.29) is 6.04 Å². The van der Waals surface area contributed by atoms with Crippen LogP contribution in [0, 0.1) is 20.8 Å². The predicted octanol–water partition coefficient (Wildman–Crippen LogP) is 2.20. The quantitative estimate of drug-likeness (QED) is 0.862. The highest BCUT2D eigenvalue weighted by Crippen LogP contribution is 2.28. The second-order valence-electron chi connectivity index (χ2n) is 6.11. The molecule has 0 bridgehead atoms. The molecular formula is C15H24N6O. The first-order valence-electron chi connectivity index (χ1n) is 7.98. The minimum Gasteiger partial charge on any atom is -0.424 e. The molecule has 0 N–H and O–H groups in total. The van der Waals surface area contributed by atoms with Gasteiger partial charge >= 0.3 is 0 Å². The Labute approximate surface area is 130 Å². The lowest BCUT2D eigenvalue weighted by molar-refractivity contribution is 0.0743. The van der Waals surface area contributed by atoms with Crippen LogP contribution in [0.1, 0.15) is 55.7 Å². The van der Waals surface area contributed by atoms with Gasteiger partial charge < -0.3 is 4.42 Å². The van der Waals surface area contributed by atoms with Crippen molar-refractivity contribution in [2.45, 2.75) is 65.6 Å². The summed E-state index contributed by atoms with van der Waals surface area (Å²) in [6, 6.07) is 0.562. The summed E-state index contributed by atoms with van der Waals surface area (Å²) < 4.78 is 7.64. The third-order valence-electron chi connectivity index (χ3n) is 4.42. The zero-order valence-corrected chi connectivity index (χ0v) is 13.8. The van der Waals surface area contributed by atoms with Gasteiger partial charge in [0, 0.05) is 13.0 Å². The Morgan fingerprint density at radius 1 is 1.23 bits per heavy atom. The Balaban J connectivity index is 1.77. The molecule has 0 aromatic carbocycles.